The summed E-state index contributed by atoms with van der Waals surface area (Å²) in [6, 6.07) is 21.9. The van der Waals surface area contributed by atoms with E-state index in [1.54, 1.807) is 24.3 Å². The molecule has 3 amide bonds. The first-order valence-electron chi connectivity index (χ1n) is 14.5. The summed E-state index contributed by atoms with van der Waals surface area (Å²) >= 11 is 0. The molecule has 8 heteroatoms. The second kappa shape index (κ2) is 11.1. The molecule has 3 aromatic carbocycles. The van der Waals surface area contributed by atoms with Crippen LogP contribution in [0.3, 0.4) is 0 Å². The normalized spacial score (nSPS) is 22.3. The lowest BCUT2D eigenvalue weighted by Crippen LogP contribution is -2.47. The number of nitrogens with zero attached hydrogens (tertiary/aromatic N) is 1. The molecule has 4 aliphatic rings. The number of esters is 1. The van der Waals surface area contributed by atoms with Gasteiger partial charge in [0.1, 0.15) is 11.8 Å². The van der Waals surface area contributed by atoms with E-state index in [2.05, 4.69) is 5.32 Å². The fraction of sp³-hybridized carbons (Fsp3) is 0.353. The molecule has 3 aliphatic carbocycles. The van der Waals surface area contributed by atoms with Crippen LogP contribution < -0.4 is 10.1 Å². The quantitative estimate of drug-likeness (QED) is 0.293. The number of anilines is 1. The number of carbonyl (C=O) groups is 4. The monoisotopic (exact) mass is 566 g/mol. The lowest BCUT2D eigenvalue weighted by molar-refractivity contribution is -0.160. The number of nitrogens with one attached hydrogen (secondary N) is 1. The van der Waals surface area contributed by atoms with Crippen LogP contribution in [0.1, 0.15) is 61.3 Å². The van der Waals surface area contributed by atoms with Crippen LogP contribution in [0.2, 0.25) is 0 Å². The maximum absolute atomic E-state index is 14.2. The van der Waals surface area contributed by atoms with Gasteiger partial charge < -0.3 is 14.8 Å². The number of rotatable bonds is 9. The van der Waals surface area contributed by atoms with E-state index in [1.165, 1.54) is 0 Å². The molecule has 0 spiro atoms. The van der Waals surface area contributed by atoms with Crippen molar-refractivity contribution < 1.29 is 28.7 Å². The van der Waals surface area contributed by atoms with E-state index in [0.29, 0.717) is 18.0 Å². The third-order valence-corrected chi connectivity index (χ3v) is 8.57. The van der Waals surface area contributed by atoms with E-state index >= 15 is 0 Å². The second-order valence-corrected chi connectivity index (χ2v) is 11.5. The highest BCUT2D eigenvalue weighted by molar-refractivity contribution is 6.10. The van der Waals surface area contributed by atoms with E-state index in [4.69, 9.17) is 9.47 Å². The van der Waals surface area contributed by atoms with Gasteiger partial charge in [-0.3, -0.25) is 19.3 Å². The molecule has 1 aliphatic heterocycles. The van der Waals surface area contributed by atoms with Gasteiger partial charge in [0, 0.05) is 11.8 Å². The second-order valence-electron chi connectivity index (χ2n) is 11.5. The zero-order chi connectivity index (χ0) is 29.5. The summed E-state index contributed by atoms with van der Waals surface area (Å²) in [7, 11) is 0. The van der Waals surface area contributed by atoms with Gasteiger partial charge in [0.25, 0.3) is 5.91 Å². The van der Waals surface area contributed by atoms with Gasteiger partial charge in [0.05, 0.1) is 24.1 Å². The minimum absolute atomic E-state index is 0.0104. The van der Waals surface area contributed by atoms with Crippen molar-refractivity contribution in [2.45, 2.75) is 45.1 Å². The Morgan fingerprint density at radius 1 is 0.810 bits per heavy atom. The van der Waals surface area contributed by atoms with E-state index in [9.17, 15) is 19.2 Å². The molecule has 3 atom stereocenters. The molecule has 0 radical (unpaired) electrons. The average Bonchev–Trinajstić information content (AvgIpc) is 3.25. The number of para-hydroxylation sites is 2. The van der Waals surface area contributed by atoms with Gasteiger partial charge in [0.15, 0.2) is 6.61 Å². The molecule has 3 aromatic rings. The number of imide groups is 1. The molecule has 2 bridgehead atoms. The van der Waals surface area contributed by atoms with Gasteiger partial charge in [-0.2, -0.15) is 0 Å². The lowest BCUT2D eigenvalue weighted by atomic mass is 9.55. The molecule has 1 saturated heterocycles. The summed E-state index contributed by atoms with van der Waals surface area (Å²) in [6.45, 7) is 5.56. The van der Waals surface area contributed by atoms with Crippen LogP contribution in [0.4, 0.5) is 5.69 Å². The zero-order valence-electron chi connectivity index (χ0n) is 23.9. The highest BCUT2D eigenvalue weighted by Crippen LogP contribution is 2.61. The number of carbonyl (C=O) groups excluding carboxylic acids is 4. The van der Waals surface area contributed by atoms with Crippen molar-refractivity contribution in [2.75, 3.05) is 18.5 Å². The van der Waals surface area contributed by atoms with Crippen LogP contribution in [0.5, 0.6) is 5.75 Å². The number of hydrogen-bond acceptors (Lipinski definition) is 6. The van der Waals surface area contributed by atoms with E-state index in [1.807, 2.05) is 69.3 Å². The molecule has 1 fully saturated rings. The van der Waals surface area contributed by atoms with Gasteiger partial charge in [-0.05, 0) is 53.6 Å². The van der Waals surface area contributed by atoms with Crippen molar-refractivity contribution >= 4 is 29.4 Å². The summed E-state index contributed by atoms with van der Waals surface area (Å²) in [5.41, 5.74) is 4.73. The number of likely N-dealkylation sites (tertiary alicyclic amines) is 1. The summed E-state index contributed by atoms with van der Waals surface area (Å²) < 4.78 is 11.0. The van der Waals surface area contributed by atoms with Crippen LogP contribution in [0.15, 0.2) is 72.8 Å². The molecule has 7 rings (SSSR count). The molecule has 0 saturated carbocycles. The van der Waals surface area contributed by atoms with Gasteiger partial charge >= 0.3 is 5.97 Å². The smallest absolute Gasteiger partial charge is 0.329 e. The Morgan fingerprint density at radius 2 is 1.31 bits per heavy atom. The van der Waals surface area contributed by atoms with Crippen LogP contribution in [-0.4, -0.2) is 47.8 Å². The first-order valence-corrected chi connectivity index (χ1v) is 14.5. The Kier molecular flexibility index (Phi) is 7.31. The molecule has 0 aromatic heterocycles. The predicted molar refractivity (Wildman–Crippen MR) is 156 cm³/mol. The summed E-state index contributed by atoms with van der Waals surface area (Å²) in [6.07, 6.45) is 0.236. The third-order valence-electron chi connectivity index (χ3n) is 8.57. The van der Waals surface area contributed by atoms with Crippen molar-refractivity contribution in [2.24, 2.45) is 17.8 Å². The van der Waals surface area contributed by atoms with Crippen LogP contribution in [0, 0.1) is 17.8 Å². The summed E-state index contributed by atoms with van der Waals surface area (Å²) in [5, 5.41) is 2.71. The van der Waals surface area contributed by atoms with Crippen LogP contribution >= 0.6 is 0 Å². The minimum atomic E-state index is -1.12. The van der Waals surface area contributed by atoms with Gasteiger partial charge in [0.2, 0.25) is 11.8 Å². The number of benzene rings is 3. The lowest BCUT2D eigenvalue weighted by Gasteiger charge is -2.45. The molecular weight excluding hydrogens is 532 g/mol. The van der Waals surface area contributed by atoms with E-state index in [-0.39, 0.29) is 36.0 Å². The zero-order valence-corrected chi connectivity index (χ0v) is 23.9. The van der Waals surface area contributed by atoms with E-state index in [0.717, 1.165) is 27.2 Å². The van der Waals surface area contributed by atoms with Gasteiger partial charge in [-0.25, -0.2) is 4.79 Å². The minimum Gasteiger partial charge on any atom is -0.492 e. The largest absolute Gasteiger partial charge is 0.492 e. The Bertz CT molecular complexity index is 1450. The van der Waals surface area contributed by atoms with Crippen molar-refractivity contribution in [3.8, 4) is 5.75 Å². The number of ether oxygens (including phenoxy) is 2. The first kappa shape index (κ1) is 27.7. The summed E-state index contributed by atoms with van der Waals surface area (Å²) in [5.74, 6) is -3.21. The van der Waals surface area contributed by atoms with Gasteiger partial charge in [-0.15, -0.1) is 0 Å². The molecule has 8 nitrogen and oxygen atoms in total. The maximum atomic E-state index is 14.2. The molecule has 42 heavy (non-hydrogen) atoms. The molecule has 1 N–H and O–H groups in total. The maximum Gasteiger partial charge on any atom is 0.329 e. The first-order chi connectivity index (χ1) is 20.3. The Hall–Kier alpha value is -4.46. The fourth-order valence-corrected chi connectivity index (χ4v) is 7.03. The SMILES string of the molecule is CCOc1ccccc1NC(=O)COC(=O)[C@H](CC(C)C)N1C(=O)[C@@H]2C3c4ccccc4C(c4ccccc43)[C@H]2C1=O. The Morgan fingerprint density at radius 3 is 1.81 bits per heavy atom. The molecular formula is C34H34N2O6. The fourth-order valence-electron chi connectivity index (χ4n) is 7.03. The highest BCUT2D eigenvalue weighted by atomic mass is 16.5. The van der Waals surface area contributed by atoms with Crippen molar-refractivity contribution in [3.05, 3.63) is 95.1 Å². The van der Waals surface area contributed by atoms with Crippen molar-refractivity contribution in [1.82, 2.24) is 4.90 Å². The van der Waals surface area contributed by atoms with Crippen LogP contribution in [0.25, 0.3) is 0 Å². The Balaban J connectivity index is 1.25. The third kappa shape index (κ3) is 4.55. The topological polar surface area (TPSA) is 102 Å². The standard InChI is InChI=1S/C34H34N2O6/c1-4-41-26-16-10-9-15-24(26)35-27(37)18-42-34(40)25(17-19(2)3)36-32(38)30-28-20-11-5-6-12-21(20)29(31(30)33(36)39)23-14-8-7-13-22(23)28/h5-16,19,25,28-31H,4,17-18H2,1-3H3,(H,35,37)/t25-,28?,29?,30+,31+/m0/s1. The number of hydrogen-bond donors (Lipinski definition) is 1. The highest BCUT2D eigenvalue weighted by Gasteiger charge is 2.63. The predicted octanol–water partition coefficient (Wildman–Crippen LogP) is 4.87. The van der Waals surface area contributed by atoms with Crippen molar-refractivity contribution in [1.29, 1.82) is 0 Å². The Labute approximate surface area is 245 Å². The summed E-state index contributed by atoms with van der Waals surface area (Å²) in [4.78, 5) is 55.7. The van der Waals surface area contributed by atoms with Gasteiger partial charge in [-0.1, -0.05) is 74.5 Å². The molecule has 1 heterocycles. The van der Waals surface area contributed by atoms with E-state index < -0.39 is 36.4 Å². The van der Waals surface area contributed by atoms with Crippen LogP contribution in [-0.2, 0) is 23.9 Å². The van der Waals surface area contributed by atoms with Crippen molar-refractivity contribution in [3.63, 3.8) is 0 Å². The average molecular weight is 567 g/mol. The molecule has 0 unspecified atom stereocenters. The number of amides is 3. The molecule has 216 valence electrons.